The normalized spacial score (nSPS) is 23.7. The second-order valence-electron chi connectivity index (χ2n) is 6.89. The van der Waals surface area contributed by atoms with Crippen LogP contribution in [0.5, 0.6) is 0 Å². The van der Waals surface area contributed by atoms with Gasteiger partial charge in [0.25, 0.3) is 0 Å². The van der Waals surface area contributed by atoms with Crippen molar-refractivity contribution in [1.29, 1.82) is 0 Å². The molecule has 23 heavy (non-hydrogen) atoms. The van der Waals surface area contributed by atoms with Gasteiger partial charge < -0.3 is 10.6 Å². The molecular formula is C16H34IN3O2S. The van der Waals surface area contributed by atoms with Crippen molar-refractivity contribution in [3.63, 3.8) is 0 Å². The molecule has 1 saturated carbocycles. The Morgan fingerprint density at radius 1 is 1.35 bits per heavy atom. The first-order valence-corrected chi connectivity index (χ1v) is 10.5. The lowest BCUT2D eigenvalue weighted by Crippen LogP contribution is -2.43. The summed E-state index contributed by atoms with van der Waals surface area (Å²) in [4.78, 5) is 4.22. The van der Waals surface area contributed by atoms with E-state index in [1.807, 2.05) is 6.92 Å². The van der Waals surface area contributed by atoms with Gasteiger partial charge in [-0.1, -0.05) is 26.2 Å². The van der Waals surface area contributed by atoms with Crippen LogP contribution in [0.15, 0.2) is 4.99 Å². The van der Waals surface area contributed by atoms with Crippen molar-refractivity contribution in [3.05, 3.63) is 0 Å². The molecule has 1 rings (SSSR count). The molecule has 0 amide bonds. The number of halogens is 1. The van der Waals surface area contributed by atoms with Crippen LogP contribution >= 0.6 is 24.0 Å². The molecule has 5 nitrogen and oxygen atoms in total. The summed E-state index contributed by atoms with van der Waals surface area (Å²) in [5, 5.41) is 6.61. The molecule has 1 aliphatic carbocycles. The molecule has 0 bridgehead atoms. The fourth-order valence-corrected chi connectivity index (χ4v) is 3.89. The van der Waals surface area contributed by atoms with Gasteiger partial charge in [0, 0.05) is 25.9 Å². The van der Waals surface area contributed by atoms with E-state index in [1.54, 1.807) is 7.05 Å². The monoisotopic (exact) mass is 459 g/mol. The fraction of sp³-hybridized carbons (Fsp3) is 0.938. The maximum Gasteiger partial charge on any atom is 0.191 e. The summed E-state index contributed by atoms with van der Waals surface area (Å²) < 4.78 is 22.4. The first-order valence-electron chi connectivity index (χ1n) is 8.45. The Bertz CT molecular complexity index is 454. The Kier molecular flexibility index (Phi) is 11.5. The molecule has 1 fully saturated rings. The van der Waals surface area contributed by atoms with Crippen molar-refractivity contribution < 1.29 is 8.42 Å². The largest absolute Gasteiger partial charge is 0.356 e. The van der Waals surface area contributed by atoms with Crippen LogP contribution in [0.2, 0.25) is 0 Å². The molecule has 1 aliphatic rings. The number of nitrogens with zero attached hydrogens (tertiary/aromatic N) is 1. The van der Waals surface area contributed by atoms with Crippen molar-refractivity contribution in [1.82, 2.24) is 10.6 Å². The number of hydrogen-bond donors (Lipinski definition) is 2. The zero-order valence-electron chi connectivity index (χ0n) is 15.0. The molecule has 0 aliphatic heterocycles. The van der Waals surface area contributed by atoms with Gasteiger partial charge >= 0.3 is 0 Å². The lowest BCUT2D eigenvalue weighted by Gasteiger charge is -2.27. The molecule has 3 unspecified atom stereocenters. The highest BCUT2D eigenvalue weighted by atomic mass is 127. The molecular weight excluding hydrogens is 425 g/mol. The fourth-order valence-electron chi connectivity index (χ4n) is 3.11. The van der Waals surface area contributed by atoms with Crippen LogP contribution in [0.3, 0.4) is 0 Å². The zero-order valence-corrected chi connectivity index (χ0v) is 18.1. The lowest BCUT2D eigenvalue weighted by molar-refractivity contribution is 0.270. The third-order valence-electron chi connectivity index (χ3n) is 4.42. The van der Waals surface area contributed by atoms with E-state index in [0.717, 1.165) is 24.3 Å². The highest BCUT2D eigenvalue weighted by molar-refractivity contribution is 14.0. The SMILES string of the molecule is CN=C(NCCC1CCCC(C)C1)NC(C)CCS(C)(=O)=O.I. The lowest BCUT2D eigenvalue weighted by atomic mass is 9.81. The Hall–Kier alpha value is -0.0500. The van der Waals surface area contributed by atoms with Crippen molar-refractivity contribution in [2.24, 2.45) is 16.8 Å². The summed E-state index contributed by atoms with van der Waals surface area (Å²) in [6, 6.07) is 0.0932. The average molecular weight is 459 g/mol. The van der Waals surface area contributed by atoms with Crippen molar-refractivity contribution >= 4 is 39.8 Å². The second-order valence-corrected chi connectivity index (χ2v) is 9.15. The van der Waals surface area contributed by atoms with Gasteiger partial charge in [0.2, 0.25) is 0 Å². The third kappa shape index (κ3) is 11.2. The van der Waals surface area contributed by atoms with Crippen LogP contribution in [0.1, 0.15) is 52.4 Å². The van der Waals surface area contributed by atoms with E-state index in [1.165, 1.54) is 38.4 Å². The minimum Gasteiger partial charge on any atom is -0.356 e. The van der Waals surface area contributed by atoms with Gasteiger partial charge in [0.05, 0.1) is 5.75 Å². The first-order chi connectivity index (χ1) is 10.3. The van der Waals surface area contributed by atoms with Crippen LogP contribution in [0, 0.1) is 11.8 Å². The molecule has 0 aromatic carbocycles. The van der Waals surface area contributed by atoms with Gasteiger partial charge in [-0.3, -0.25) is 4.99 Å². The highest BCUT2D eigenvalue weighted by Gasteiger charge is 2.18. The third-order valence-corrected chi connectivity index (χ3v) is 5.40. The maximum absolute atomic E-state index is 11.2. The second kappa shape index (κ2) is 11.5. The predicted molar refractivity (Wildman–Crippen MR) is 109 cm³/mol. The van der Waals surface area contributed by atoms with E-state index < -0.39 is 9.84 Å². The van der Waals surface area contributed by atoms with E-state index in [-0.39, 0.29) is 35.8 Å². The molecule has 0 heterocycles. The summed E-state index contributed by atoms with van der Waals surface area (Å²) in [5.41, 5.74) is 0. The Balaban J connectivity index is 0.00000484. The number of aliphatic imine (C=N–C) groups is 1. The molecule has 3 atom stereocenters. The highest BCUT2D eigenvalue weighted by Crippen LogP contribution is 2.30. The summed E-state index contributed by atoms with van der Waals surface area (Å²) in [5.74, 6) is 2.67. The van der Waals surface area contributed by atoms with Crippen LogP contribution in [0.4, 0.5) is 0 Å². The van der Waals surface area contributed by atoms with Crippen molar-refractivity contribution in [2.75, 3.05) is 25.6 Å². The zero-order chi connectivity index (χ0) is 16.6. The smallest absolute Gasteiger partial charge is 0.191 e. The Labute approximate surface area is 159 Å². The van der Waals surface area contributed by atoms with Crippen LogP contribution in [-0.2, 0) is 9.84 Å². The van der Waals surface area contributed by atoms with Gasteiger partial charge in [0.1, 0.15) is 9.84 Å². The van der Waals surface area contributed by atoms with E-state index in [4.69, 9.17) is 0 Å². The molecule has 0 aromatic rings. The minimum atomic E-state index is -2.90. The minimum absolute atomic E-state index is 0. The number of hydrogen-bond acceptors (Lipinski definition) is 3. The summed E-state index contributed by atoms with van der Waals surface area (Å²) in [6.45, 7) is 5.26. The quantitative estimate of drug-likeness (QED) is 0.349. The number of rotatable bonds is 7. The number of sulfone groups is 1. The Morgan fingerprint density at radius 2 is 2.04 bits per heavy atom. The Morgan fingerprint density at radius 3 is 2.61 bits per heavy atom. The standard InChI is InChI=1S/C16H33N3O2S.HI/c1-13-6-5-7-15(12-13)8-10-18-16(17-3)19-14(2)9-11-22(4,20)21;/h13-15H,5-12H2,1-4H3,(H2,17,18,19);1H. The molecule has 0 radical (unpaired) electrons. The summed E-state index contributed by atoms with van der Waals surface area (Å²) in [6.07, 6.45) is 8.49. The molecule has 0 aromatic heterocycles. The maximum atomic E-state index is 11.2. The summed E-state index contributed by atoms with van der Waals surface area (Å²) >= 11 is 0. The van der Waals surface area contributed by atoms with E-state index in [9.17, 15) is 8.42 Å². The molecule has 0 spiro atoms. The molecule has 7 heteroatoms. The summed E-state index contributed by atoms with van der Waals surface area (Å²) in [7, 11) is -1.15. The topological polar surface area (TPSA) is 70.6 Å². The molecule has 2 N–H and O–H groups in total. The molecule has 0 saturated heterocycles. The number of nitrogens with one attached hydrogen (secondary N) is 2. The van der Waals surface area contributed by atoms with E-state index in [2.05, 4.69) is 22.5 Å². The van der Waals surface area contributed by atoms with Gasteiger partial charge in [-0.25, -0.2) is 8.42 Å². The van der Waals surface area contributed by atoms with Gasteiger partial charge in [0.15, 0.2) is 5.96 Å². The predicted octanol–water partition coefficient (Wildman–Crippen LogP) is 2.81. The van der Waals surface area contributed by atoms with Crippen LogP contribution in [-0.4, -0.2) is 46.0 Å². The average Bonchev–Trinajstić information content (AvgIpc) is 2.43. The van der Waals surface area contributed by atoms with Gasteiger partial charge in [-0.15, -0.1) is 24.0 Å². The molecule has 138 valence electrons. The first kappa shape index (κ1) is 22.9. The van der Waals surface area contributed by atoms with Crippen molar-refractivity contribution in [2.45, 2.75) is 58.4 Å². The van der Waals surface area contributed by atoms with Crippen molar-refractivity contribution in [3.8, 4) is 0 Å². The van der Waals surface area contributed by atoms with E-state index >= 15 is 0 Å². The van der Waals surface area contributed by atoms with Crippen LogP contribution in [0.25, 0.3) is 0 Å². The van der Waals surface area contributed by atoms with Gasteiger partial charge in [-0.05, 0) is 38.0 Å². The number of guanidine groups is 1. The van der Waals surface area contributed by atoms with Gasteiger partial charge in [-0.2, -0.15) is 0 Å². The van der Waals surface area contributed by atoms with Crippen LogP contribution < -0.4 is 10.6 Å². The van der Waals surface area contributed by atoms with E-state index in [0.29, 0.717) is 6.42 Å².